The summed E-state index contributed by atoms with van der Waals surface area (Å²) in [5.41, 5.74) is 9.05. The predicted molar refractivity (Wildman–Crippen MR) is 91.0 cm³/mol. The molecule has 1 heterocycles. The lowest BCUT2D eigenvalue weighted by molar-refractivity contribution is -0.122. The number of hydrogen-bond acceptors (Lipinski definition) is 3. The van der Waals surface area contributed by atoms with Crippen LogP contribution in [0.5, 0.6) is 0 Å². The summed E-state index contributed by atoms with van der Waals surface area (Å²) in [5, 5.41) is 3.09. The summed E-state index contributed by atoms with van der Waals surface area (Å²) in [5.74, 6) is 2.18. The molecule has 23 heavy (non-hydrogen) atoms. The van der Waals surface area contributed by atoms with Crippen LogP contribution in [0.2, 0.25) is 0 Å². The van der Waals surface area contributed by atoms with Crippen LogP contribution >= 0.6 is 0 Å². The van der Waals surface area contributed by atoms with Crippen molar-refractivity contribution in [2.75, 3.05) is 5.32 Å². The molecule has 5 heteroatoms. The summed E-state index contributed by atoms with van der Waals surface area (Å²) in [6.07, 6.45) is 5.51. The average Bonchev–Trinajstić information content (AvgIpc) is 2.86. The maximum Gasteiger partial charge on any atom is 0.227 e. The van der Waals surface area contributed by atoms with E-state index in [1.807, 2.05) is 25.1 Å². The van der Waals surface area contributed by atoms with Crippen LogP contribution < -0.4 is 11.1 Å². The van der Waals surface area contributed by atoms with Gasteiger partial charge in [-0.25, -0.2) is 4.98 Å². The first-order valence-corrected chi connectivity index (χ1v) is 8.63. The van der Waals surface area contributed by atoms with E-state index in [0.717, 1.165) is 35.4 Å². The number of imidazole rings is 1. The molecule has 2 fully saturated rings. The Morgan fingerprint density at radius 1 is 1.30 bits per heavy atom. The fraction of sp³-hybridized carbons (Fsp3) is 0.556. The number of carbonyl (C=O) groups is 1. The van der Waals surface area contributed by atoms with Gasteiger partial charge in [0.2, 0.25) is 5.91 Å². The molecule has 4 rings (SSSR count). The van der Waals surface area contributed by atoms with E-state index < -0.39 is 0 Å². The Morgan fingerprint density at radius 3 is 2.78 bits per heavy atom. The van der Waals surface area contributed by atoms with E-state index in [1.54, 1.807) is 0 Å². The number of nitrogens with one attached hydrogen (secondary N) is 2. The second kappa shape index (κ2) is 5.64. The first-order valence-electron chi connectivity index (χ1n) is 8.63. The highest BCUT2D eigenvalue weighted by Gasteiger charge is 2.40. The number of anilines is 1. The van der Waals surface area contributed by atoms with Crippen molar-refractivity contribution < 1.29 is 4.79 Å². The molecule has 2 bridgehead atoms. The van der Waals surface area contributed by atoms with Crippen molar-refractivity contribution in [3.8, 4) is 0 Å². The second-order valence-corrected chi connectivity index (χ2v) is 7.24. The van der Waals surface area contributed by atoms with Gasteiger partial charge >= 0.3 is 0 Å². The molecule has 2 aliphatic carbocycles. The number of amides is 1. The van der Waals surface area contributed by atoms with Crippen LogP contribution in [0, 0.1) is 24.7 Å². The lowest BCUT2D eigenvalue weighted by Crippen LogP contribution is -2.48. The van der Waals surface area contributed by atoms with Gasteiger partial charge in [0.15, 0.2) is 0 Å². The van der Waals surface area contributed by atoms with Crippen LogP contribution in [0.4, 0.5) is 5.69 Å². The molecule has 0 aliphatic heterocycles. The zero-order chi connectivity index (χ0) is 16.0. The maximum absolute atomic E-state index is 12.7. The molecular formula is C18H24N4O. The third kappa shape index (κ3) is 2.74. The highest BCUT2D eigenvalue weighted by molar-refractivity contribution is 5.94. The molecule has 2 unspecified atom stereocenters. The summed E-state index contributed by atoms with van der Waals surface area (Å²) in [7, 11) is 0. The number of H-pyrrole nitrogens is 1. The number of benzene rings is 1. The van der Waals surface area contributed by atoms with E-state index in [4.69, 9.17) is 5.73 Å². The molecule has 2 saturated carbocycles. The molecule has 2 aromatic rings. The molecule has 122 valence electrons. The fourth-order valence-electron chi connectivity index (χ4n) is 4.46. The van der Waals surface area contributed by atoms with Crippen LogP contribution in [-0.2, 0) is 4.79 Å². The molecule has 2 atom stereocenters. The van der Waals surface area contributed by atoms with E-state index in [2.05, 4.69) is 15.3 Å². The number of fused-ring (bicyclic) bond motifs is 3. The first kappa shape index (κ1) is 14.7. The minimum Gasteiger partial charge on any atom is -0.342 e. The van der Waals surface area contributed by atoms with E-state index in [-0.39, 0.29) is 11.8 Å². The Morgan fingerprint density at radius 2 is 2.04 bits per heavy atom. The van der Waals surface area contributed by atoms with Gasteiger partial charge in [-0.05, 0) is 62.6 Å². The molecule has 1 amide bonds. The Balaban J connectivity index is 1.48. The highest BCUT2D eigenvalue weighted by atomic mass is 16.1. The number of nitrogens with two attached hydrogens (primary N) is 1. The normalized spacial score (nSPS) is 30.3. The molecule has 4 N–H and O–H groups in total. The quantitative estimate of drug-likeness (QED) is 0.797. The number of aryl methyl sites for hydroxylation is 1. The zero-order valence-corrected chi connectivity index (χ0v) is 13.5. The monoisotopic (exact) mass is 312 g/mol. The summed E-state index contributed by atoms with van der Waals surface area (Å²) in [6, 6.07) is 6.13. The second-order valence-electron chi connectivity index (χ2n) is 7.24. The van der Waals surface area contributed by atoms with Gasteiger partial charge < -0.3 is 16.0 Å². The van der Waals surface area contributed by atoms with Gasteiger partial charge in [-0.2, -0.15) is 0 Å². The largest absolute Gasteiger partial charge is 0.342 e. The molecule has 1 aromatic carbocycles. The van der Waals surface area contributed by atoms with E-state index in [1.165, 1.54) is 19.3 Å². The van der Waals surface area contributed by atoms with Crippen LogP contribution in [0.25, 0.3) is 11.0 Å². The van der Waals surface area contributed by atoms with Gasteiger partial charge in [0, 0.05) is 17.6 Å². The van der Waals surface area contributed by atoms with Crippen molar-refractivity contribution in [3.05, 3.63) is 24.0 Å². The summed E-state index contributed by atoms with van der Waals surface area (Å²) < 4.78 is 0. The summed E-state index contributed by atoms with van der Waals surface area (Å²) >= 11 is 0. The van der Waals surface area contributed by atoms with Gasteiger partial charge in [0.05, 0.1) is 11.0 Å². The Bertz CT molecular complexity index is 724. The van der Waals surface area contributed by atoms with Crippen molar-refractivity contribution in [1.82, 2.24) is 9.97 Å². The topological polar surface area (TPSA) is 83.8 Å². The van der Waals surface area contributed by atoms with Crippen molar-refractivity contribution in [2.45, 2.75) is 45.1 Å². The molecule has 5 nitrogen and oxygen atoms in total. The number of nitrogens with zero attached hydrogens (tertiary/aromatic N) is 1. The number of rotatable bonds is 2. The number of hydrogen-bond donors (Lipinski definition) is 3. The Hall–Kier alpha value is -1.88. The van der Waals surface area contributed by atoms with Crippen LogP contribution in [0.15, 0.2) is 18.2 Å². The standard InChI is InChI=1S/C18H24N4O/c1-10-20-15-6-5-14(9-16(15)21-10)22-18(23)13-7-11-3-2-4-12(8-13)17(11)19/h5-6,9,11-13,17H,2-4,7-8,19H2,1H3,(H,20,21)(H,22,23). The number of aromatic nitrogens is 2. The van der Waals surface area contributed by atoms with Crippen LogP contribution in [0.1, 0.15) is 37.9 Å². The van der Waals surface area contributed by atoms with Crippen molar-refractivity contribution >= 4 is 22.6 Å². The van der Waals surface area contributed by atoms with Crippen LogP contribution in [-0.4, -0.2) is 21.9 Å². The molecule has 0 radical (unpaired) electrons. The van der Waals surface area contributed by atoms with Crippen molar-refractivity contribution in [2.24, 2.45) is 23.5 Å². The lowest BCUT2D eigenvalue weighted by atomic mass is 9.65. The molecular weight excluding hydrogens is 288 g/mol. The third-order valence-corrected chi connectivity index (χ3v) is 5.65. The predicted octanol–water partition coefficient (Wildman–Crippen LogP) is 2.96. The lowest BCUT2D eigenvalue weighted by Gasteiger charge is -2.43. The number of carbonyl (C=O) groups excluding carboxylic acids is 1. The SMILES string of the molecule is Cc1nc2ccc(NC(=O)C3CC4CCCC(C3)C4N)cc2[nH]1. The molecule has 0 saturated heterocycles. The van der Waals surface area contributed by atoms with Gasteiger partial charge in [-0.3, -0.25) is 4.79 Å². The van der Waals surface area contributed by atoms with Crippen molar-refractivity contribution in [3.63, 3.8) is 0 Å². The Labute approximate surface area is 136 Å². The minimum atomic E-state index is 0.101. The first-order chi connectivity index (χ1) is 11.1. The average molecular weight is 312 g/mol. The fourth-order valence-corrected chi connectivity index (χ4v) is 4.46. The third-order valence-electron chi connectivity index (χ3n) is 5.65. The highest BCUT2D eigenvalue weighted by Crippen LogP contribution is 2.42. The van der Waals surface area contributed by atoms with E-state index in [0.29, 0.717) is 17.9 Å². The van der Waals surface area contributed by atoms with Gasteiger partial charge in [0.1, 0.15) is 5.82 Å². The molecule has 1 aromatic heterocycles. The Kier molecular flexibility index (Phi) is 3.60. The van der Waals surface area contributed by atoms with E-state index >= 15 is 0 Å². The maximum atomic E-state index is 12.7. The molecule has 2 aliphatic rings. The minimum absolute atomic E-state index is 0.101. The smallest absolute Gasteiger partial charge is 0.227 e. The van der Waals surface area contributed by atoms with Gasteiger partial charge in [0.25, 0.3) is 0 Å². The summed E-state index contributed by atoms with van der Waals surface area (Å²) in [4.78, 5) is 20.3. The number of aromatic amines is 1. The summed E-state index contributed by atoms with van der Waals surface area (Å²) in [6.45, 7) is 1.93. The van der Waals surface area contributed by atoms with Gasteiger partial charge in [-0.15, -0.1) is 0 Å². The van der Waals surface area contributed by atoms with Gasteiger partial charge in [-0.1, -0.05) is 6.42 Å². The zero-order valence-electron chi connectivity index (χ0n) is 13.5. The van der Waals surface area contributed by atoms with E-state index in [9.17, 15) is 4.79 Å². The van der Waals surface area contributed by atoms with Crippen molar-refractivity contribution in [1.29, 1.82) is 0 Å². The molecule has 0 spiro atoms. The van der Waals surface area contributed by atoms with Crippen LogP contribution in [0.3, 0.4) is 0 Å².